The van der Waals surface area contributed by atoms with Gasteiger partial charge >= 0.3 is 0 Å². The first-order valence-corrected chi connectivity index (χ1v) is 8.25. The third-order valence-corrected chi connectivity index (χ3v) is 4.41. The van der Waals surface area contributed by atoms with E-state index in [0.29, 0.717) is 0 Å². The van der Waals surface area contributed by atoms with Gasteiger partial charge in [-0.05, 0) is 68.9 Å². The number of piperidine rings is 1. The van der Waals surface area contributed by atoms with Gasteiger partial charge in [0.1, 0.15) is 0 Å². The maximum absolute atomic E-state index is 6.38. The number of aryl methyl sites for hydroxylation is 1. The number of nitrogens with zero attached hydrogens (tertiary/aromatic N) is 1. The maximum Gasteiger partial charge on any atom is 0.0453 e. The van der Waals surface area contributed by atoms with Crippen LogP contribution in [0.15, 0.2) is 18.2 Å². The Morgan fingerprint density at radius 1 is 1.40 bits per heavy atom. The highest BCUT2D eigenvalue weighted by atomic mass is 35.5. The molecule has 3 heteroatoms. The van der Waals surface area contributed by atoms with Gasteiger partial charge in [-0.1, -0.05) is 30.7 Å². The van der Waals surface area contributed by atoms with Crippen molar-refractivity contribution in [3.8, 4) is 0 Å². The van der Waals surface area contributed by atoms with Crippen LogP contribution in [0.4, 0.5) is 0 Å². The van der Waals surface area contributed by atoms with Gasteiger partial charge in [-0.25, -0.2) is 0 Å². The van der Waals surface area contributed by atoms with Crippen LogP contribution < -0.4 is 5.32 Å². The van der Waals surface area contributed by atoms with Gasteiger partial charge in [-0.2, -0.15) is 0 Å². The minimum absolute atomic E-state index is 0.791. The quantitative estimate of drug-likeness (QED) is 0.857. The molecule has 1 heterocycles. The van der Waals surface area contributed by atoms with Crippen LogP contribution in [0.1, 0.15) is 37.3 Å². The molecular weight excluding hydrogens is 268 g/mol. The first kappa shape index (κ1) is 15.8. The minimum atomic E-state index is 0.791. The van der Waals surface area contributed by atoms with E-state index in [4.69, 9.17) is 11.6 Å². The standard InChI is InChI=1S/C17H27ClN2/c1-3-9-20(12-15-5-4-8-19-11-15)13-16-7-6-14(2)10-17(16)18/h6-7,10,15,19H,3-5,8-9,11-13H2,1-2H3. The van der Waals surface area contributed by atoms with Gasteiger partial charge in [0.15, 0.2) is 0 Å². The van der Waals surface area contributed by atoms with Gasteiger partial charge in [0, 0.05) is 18.1 Å². The van der Waals surface area contributed by atoms with Gasteiger partial charge in [0.2, 0.25) is 0 Å². The Balaban J connectivity index is 1.96. The van der Waals surface area contributed by atoms with Crippen molar-refractivity contribution >= 4 is 11.6 Å². The summed E-state index contributed by atoms with van der Waals surface area (Å²) in [6.07, 6.45) is 3.87. The van der Waals surface area contributed by atoms with Gasteiger partial charge in [-0.3, -0.25) is 4.90 Å². The van der Waals surface area contributed by atoms with E-state index in [1.807, 2.05) is 0 Å². The number of halogens is 1. The number of benzene rings is 1. The molecule has 1 aliphatic rings. The van der Waals surface area contributed by atoms with Crippen LogP contribution >= 0.6 is 11.6 Å². The predicted octanol–water partition coefficient (Wildman–Crippen LogP) is 3.86. The molecule has 1 unspecified atom stereocenters. The third kappa shape index (κ3) is 4.76. The molecule has 0 spiro atoms. The minimum Gasteiger partial charge on any atom is -0.316 e. The van der Waals surface area contributed by atoms with Crippen LogP contribution in [0.3, 0.4) is 0 Å². The average Bonchev–Trinajstić information content (AvgIpc) is 2.43. The van der Waals surface area contributed by atoms with Crippen molar-refractivity contribution in [1.29, 1.82) is 0 Å². The van der Waals surface area contributed by atoms with Gasteiger partial charge in [0.25, 0.3) is 0 Å². The largest absolute Gasteiger partial charge is 0.316 e. The molecule has 1 fully saturated rings. The lowest BCUT2D eigenvalue weighted by atomic mass is 9.98. The van der Waals surface area contributed by atoms with Crippen molar-refractivity contribution in [3.05, 3.63) is 34.3 Å². The fourth-order valence-electron chi connectivity index (χ4n) is 3.02. The molecule has 20 heavy (non-hydrogen) atoms. The van der Waals surface area contributed by atoms with Gasteiger partial charge < -0.3 is 5.32 Å². The Bertz CT molecular complexity index is 413. The normalized spacial score (nSPS) is 19.5. The molecule has 1 saturated heterocycles. The number of hydrogen-bond donors (Lipinski definition) is 1. The van der Waals surface area contributed by atoms with Crippen LogP contribution in [0, 0.1) is 12.8 Å². The molecule has 2 rings (SSSR count). The summed E-state index contributed by atoms with van der Waals surface area (Å²) in [6, 6.07) is 6.41. The molecule has 1 aliphatic heterocycles. The van der Waals surface area contributed by atoms with Crippen molar-refractivity contribution in [2.75, 3.05) is 26.2 Å². The van der Waals surface area contributed by atoms with Crippen molar-refractivity contribution in [2.24, 2.45) is 5.92 Å². The fraction of sp³-hybridized carbons (Fsp3) is 0.647. The molecule has 0 bridgehead atoms. The molecular formula is C17H27ClN2. The second-order valence-corrected chi connectivity index (χ2v) is 6.45. The van der Waals surface area contributed by atoms with E-state index in [2.05, 4.69) is 42.3 Å². The van der Waals surface area contributed by atoms with E-state index in [-0.39, 0.29) is 0 Å². The highest BCUT2D eigenvalue weighted by molar-refractivity contribution is 6.31. The zero-order valence-electron chi connectivity index (χ0n) is 12.8. The summed E-state index contributed by atoms with van der Waals surface area (Å²) < 4.78 is 0. The van der Waals surface area contributed by atoms with E-state index in [0.717, 1.165) is 24.0 Å². The van der Waals surface area contributed by atoms with Crippen LogP contribution in [-0.4, -0.2) is 31.1 Å². The fourth-order valence-corrected chi connectivity index (χ4v) is 3.31. The summed E-state index contributed by atoms with van der Waals surface area (Å²) in [5.41, 5.74) is 2.49. The highest BCUT2D eigenvalue weighted by Gasteiger charge is 2.17. The SMILES string of the molecule is CCCN(Cc1ccc(C)cc1Cl)CC1CCCNC1. The number of hydrogen-bond acceptors (Lipinski definition) is 2. The van der Waals surface area contributed by atoms with Crippen molar-refractivity contribution < 1.29 is 0 Å². The van der Waals surface area contributed by atoms with Crippen LogP contribution in [0.25, 0.3) is 0 Å². The molecule has 1 aromatic carbocycles. The average molecular weight is 295 g/mol. The Kier molecular flexibility index (Phi) is 6.34. The Morgan fingerprint density at radius 2 is 2.25 bits per heavy atom. The maximum atomic E-state index is 6.38. The molecule has 0 amide bonds. The van der Waals surface area contributed by atoms with Crippen molar-refractivity contribution in [2.45, 2.75) is 39.7 Å². The first-order valence-electron chi connectivity index (χ1n) is 7.87. The predicted molar refractivity (Wildman–Crippen MR) is 87.4 cm³/mol. The lowest BCUT2D eigenvalue weighted by Crippen LogP contribution is -2.38. The first-order chi connectivity index (χ1) is 9.69. The number of nitrogens with one attached hydrogen (secondary N) is 1. The van der Waals surface area contributed by atoms with E-state index >= 15 is 0 Å². The molecule has 0 aromatic heterocycles. The third-order valence-electron chi connectivity index (χ3n) is 4.06. The molecule has 1 atom stereocenters. The van der Waals surface area contributed by atoms with Crippen LogP contribution in [0.2, 0.25) is 5.02 Å². The van der Waals surface area contributed by atoms with Gasteiger partial charge in [-0.15, -0.1) is 0 Å². The van der Waals surface area contributed by atoms with Crippen LogP contribution in [-0.2, 0) is 6.54 Å². The summed E-state index contributed by atoms with van der Waals surface area (Å²) in [7, 11) is 0. The Morgan fingerprint density at radius 3 is 2.90 bits per heavy atom. The van der Waals surface area contributed by atoms with Gasteiger partial charge in [0.05, 0.1) is 0 Å². The number of rotatable bonds is 6. The smallest absolute Gasteiger partial charge is 0.0453 e. The molecule has 0 saturated carbocycles. The molecule has 0 radical (unpaired) electrons. The van der Waals surface area contributed by atoms with E-state index in [1.165, 1.54) is 50.0 Å². The summed E-state index contributed by atoms with van der Waals surface area (Å²) in [5, 5.41) is 4.42. The molecule has 112 valence electrons. The Labute approximate surface area is 128 Å². The monoisotopic (exact) mass is 294 g/mol. The molecule has 1 N–H and O–H groups in total. The van der Waals surface area contributed by atoms with Crippen molar-refractivity contribution in [1.82, 2.24) is 10.2 Å². The Hall–Kier alpha value is -0.570. The molecule has 1 aromatic rings. The molecule has 2 nitrogen and oxygen atoms in total. The van der Waals surface area contributed by atoms with E-state index in [9.17, 15) is 0 Å². The van der Waals surface area contributed by atoms with E-state index < -0.39 is 0 Å². The summed E-state index contributed by atoms with van der Waals surface area (Å²) in [5.74, 6) is 0.791. The van der Waals surface area contributed by atoms with E-state index in [1.54, 1.807) is 0 Å². The second-order valence-electron chi connectivity index (χ2n) is 6.04. The highest BCUT2D eigenvalue weighted by Crippen LogP contribution is 2.21. The summed E-state index contributed by atoms with van der Waals surface area (Å²) in [4.78, 5) is 2.56. The lowest BCUT2D eigenvalue weighted by Gasteiger charge is -2.30. The molecule has 0 aliphatic carbocycles. The van der Waals surface area contributed by atoms with Crippen LogP contribution in [0.5, 0.6) is 0 Å². The van der Waals surface area contributed by atoms with Crippen molar-refractivity contribution in [3.63, 3.8) is 0 Å². The second kappa shape index (κ2) is 8.02. The zero-order valence-corrected chi connectivity index (χ0v) is 13.5. The topological polar surface area (TPSA) is 15.3 Å². The summed E-state index contributed by atoms with van der Waals surface area (Å²) in [6.45, 7) is 10.0. The lowest BCUT2D eigenvalue weighted by molar-refractivity contribution is 0.201. The summed E-state index contributed by atoms with van der Waals surface area (Å²) >= 11 is 6.38. The zero-order chi connectivity index (χ0) is 14.4.